The highest BCUT2D eigenvalue weighted by Crippen LogP contribution is 2.04. The highest BCUT2D eigenvalue weighted by molar-refractivity contribution is 5.91. The molecule has 160 valence electrons. The van der Waals surface area contributed by atoms with E-state index in [1.165, 1.54) is 0 Å². The number of carboxylic acid groups (broad SMARTS) is 1. The summed E-state index contributed by atoms with van der Waals surface area (Å²) in [6.45, 7) is -0.353. The summed E-state index contributed by atoms with van der Waals surface area (Å²) in [4.78, 5) is 35.9. The minimum absolute atomic E-state index is 0.0523. The van der Waals surface area contributed by atoms with Crippen LogP contribution >= 0.6 is 0 Å². The number of guanidine groups is 1. The molecule has 0 aliphatic heterocycles. The Kier molecular flexibility index (Phi) is 10.1. The highest BCUT2D eigenvalue weighted by Gasteiger charge is 2.27. The van der Waals surface area contributed by atoms with Gasteiger partial charge in [-0.3, -0.25) is 15.0 Å². The molecule has 0 saturated carbocycles. The van der Waals surface area contributed by atoms with Crippen LogP contribution in [0.5, 0.6) is 0 Å². The molecule has 0 radical (unpaired) electrons. The molecule has 0 aromatic heterocycles. The molecule has 0 heterocycles. The largest absolute Gasteiger partial charge is 0.480 e. The summed E-state index contributed by atoms with van der Waals surface area (Å²) in [5.41, 5.74) is 11.6. The number of aliphatic carboxylic acids is 1. The quantitative estimate of drug-likeness (QED) is 0.109. The van der Waals surface area contributed by atoms with Crippen LogP contribution in [0.15, 0.2) is 30.3 Å². The van der Waals surface area contributed by atoms with Gasteiger partial charge < -0.3 is 37.6 Å². The molecule has 0 spiro atoms. The average molecular weight is 408 g/mol. The molecule has 1 aromatic rings. The van der Waals surface area contributed by atoms with Crippen LogP contribution in [-0.2, 0) is 20.8 Å². The van der Waals surface area contributed by atoms with E-state index in [1.54, 1.807) is 30.3 Å². The molecule has 10 N–H and O–H groups in total. The van der Waals surface area contributed by atoms with Crippen molar-refractivity contribution in [1.29, 1.82) is 5.41 Å². The Morgan fingerprint density at radius 3 is 2.24 bits per heavy atom. The van der Waals surface area contributed by atoms with Crippen LogP contribution in [-0.4, -0.2) is 65.2 Å². The second-order valence-corrected chi connectivity index (χ2v) is 6.42. The summed E-state index contributed by atoms with van der Waals surface area (Å²) < 4.78 is 0. The number of aliphatic hydroxyl groups is 1. The lowest BCUT2D eigenvalue weighted by Crippen LogP contribution is -2.56. The summed E-state index contributed by atoms with van der Waals surface area (Å²) in [6, 6.07) is 5.25. The Balaban J connectivity index is 2.58. The van der Waals surface area contributed by atoms with Crippen LogP contribution in [0.25, 0.3) is 0 Å². The molecular weight excluding hydrogens is 380 g/mol. The lowest BCUT2D eigenvalue weighted by atomic mass is 10.1. The minimum Gasteiger partial charge on any atom is -0.480 e. The number of nitrogens with one attached hydrogen (secondary N) is 4. The van der Waals surface area contributed by atoms with Gasteiger partial charge in [-0.2, -0.15) is 0 Å². The summed E-state index contributed by atoms with van der Waals surface area (Å²) in [5, 5.41) is 33.0. The van der Waals surface area contributed by atoms with Gasteiger partial charge in [-0.15, -0.1) is 0 Å². The van der Waals surface area contributed by atoms with E-state index in [1.807, 2.05) is 0 Å². The number of carbonyl (C=O) groups is 3. The van der Waals surface area contributed by atoms with Crippen LogP contribution in [0, 0.1) is 5.41 Å². The van der Waals surface area contributed by atoms with Crippen molar-refractivity contribution in [2.75, 3.05) is 13.2 Å². The van der Waals surface area contributed by atoms with Crippen LogP contribution in [0.4, 0.5) is 0 Å². The van der Waals surface area contributed by atoms with Gasteiger partial charge >= 0.3 is 5.97 Å². The first-order chi connectivity index (χ1) is 13.7. The third kappa shape index (κ3) is 9.04. The molecule has 29 heavy (non-hydrogen) atoms. The molecule has 11 nitrogen and oxygen atoms in total. The van der Waals surface area contributed by atoms with Crippen molar-refractivity contribution in [2.45, 2.75) is 37.4 Å². The number of benzene rings is 1. The summed E-state index contributed by atoms with van der Waals surface area (Å²) in [5.74, 6) is -2.91. The molecule has 0 fully saturated rings. The number of rotatable bonds is 12. The lowest BCUT2D eigenvalue weighted by molar-refractivity contribution is -0.142. The number of carboxylic acids is 1. The van der Waals surface area contributed by atoms with Crippen LogP contribution in [0.1, 0.15) is 18.4 Å². The molecular formula is C18H28N6O5. The Hall–Kier alpha value is -3.18. The fraction of sp³-hybridized carbons (Fsp3) is 0.444. The lowest BCUT2D eigenvalue weighted by Gasteiger charge is -2.21. The zero-order valence-corrected chi connectivity index (χ0v) is 15.9. The predicted molar refractivity (Wildman–Crippen MR) is 106 cm³/mol. The van der Waals surface area contributed by atoms with Crippen molar-refractivity contribution in [3.8, 4) is 0 Å². The maximum Gasteiger partial charge on any atom is 0.326 e. The molecule has 2 amide bonds. The molecule has 0 saturated heterocycles. The van der Waals surface area contributed by atoms with Gasteiger partial charge in [0.05, 0.1) is 12.6 Å². The van der Waals surface area contributed by atoms with Crippen LogP contribution in [0.2, 0.25) is 0 Å². The standard InChI is InChI=1S/C18H28N6O5/c19-12(7-4-8-22-18(20)21)15(26)24-14(10-25)16(27)23-13(17(28)29)9-11-5-2-1-3-6-11/h1-3,5-6,12-14,25H,4,7-10,19H2,(H,23,27)(H,24,26)(H,28,29)(H4,20,21,22)/t12-,13+,14-/m1/s1. The Morgan fingerprint density at radius 2 is 1.69 bits per heavy atom. The molecule has 0 unspecified atom stereocenters. The fourth-order valence-corrected chi connectivity index (χ4v) is 2.47. The first-order valence-electron chi connectivity index (χ1n) is 9.06. The maximum absolute atomic E-state index is 12.3. The van der Waals surface area contributed by atoms with E-state index < -0.39 is 42.5 Å². The van der Waals surface area contributed by atoms with Crippen molar-refractivity contribution in [3.63, 3.8) is 0 Å². The molecule has 0 aliphatic rings. The van der Waals surface area contributed by atoms with E-state index in [4.69, 9.17) is 16.9 Å². The summed E-state index contributed by atoms with van der Waals surface area (Å²) in [6.07, 6.45) is 0.774. The molecule has 11 heteroatoms. The molecule has 1 aromatic carbocycles. The van der Waals surface area contributed by atoms with E-state index in [0.29, 0.717) is 18.5 Å². The van der Waals surface area contributed by atoms with Crippen LogP contribution < -0.4 is 27.4 Å². The van der Waals surface area contributed by atoms with Crippen molar-refractivity contribution in [3.05, 3.63) is 35.9 Å². The van der Waals surface area contributed by atoms with Crippen molar-refractivity contribution >= 4 is 23.7 Å². The van der Waals surface area contributed by atoms with Gasteiger partial charge in [0.15, 0.2) is 5.96 Å². The maximum atomic E-state index is 12.3. The van der Waals surface area contributed by atoms with Crippen molar-refractivity contribution in [1.82, 2.24) is 16.0 Å². The Bertz CT molecular complexity index is 699. The SMILES string of the molecule is N=C(N)NCCC[C@@H](N)C(=O)N[C@H](CO)C(=O)N[C@@H](Cc1ccccc1)C(=O)O. The molecule has 0 aliphatic carbocycles. The number of aliphatic hydroxyl groups excluding tert-OH is 1. The smallest absolute Gasteiger partial charge is 0.326 e. The number of amides is 2. The predicted octanol–water partition coefficient (Wildman–Crippen LogP) is -2.13. The fourth-order valence-electron chi connectivity index (χ4n) is 2.47. The van der Waals surface area contributed by atoms with E-state index >= 15 is 0 Å². The third-order valence-corrected chi connectivity index (χ3v) is 4.06. The summed E-state index contributed by atoms with van der Waals surface area (Å²) in [7, 11) is 0. The summed E-state index contributed by atoms with van der Waals surface area (Å²) >= 11 is 0. The molecule has 3 atom stereocenters. The second-order valence-electron chi connectivity index (χ2n) is 6.42. The van der Waals surface area contributed by atoms with E-state index in [0.717, 1.165) is 0 Å². The van der Waals surface area contributed by atoms with E-state index in [2.05, 4.69) is 16.0 Å². The Morgan fingerprint density at radius 1 is 1.07 bits per heavy atom. The average Bonchev–Trinajstić information content (AvgIpc) is 2.68. The topological polar surface area (TPSA) is 204 Å². The third-order valence-electron chi connectivity index (χ3n) is 4.06. The number of hydrogen-bond acceptors (Lipinski definition) is 6. The van der Waals surface area contributed by atoms with E-state index in [9.17, 15) is 24.6 Å². The molecule has 0 bridgehead atoms. The zero-order chi connectivity index (χ0) is 21.8. The number of hydrogen-bond donors (Lipinski definition) is 8. The second kappa shape index (κ2) is 12.3. The van der Waals surface area contributed by atoms with Gasteiger partial charge in [0.2, 0.25) is 11.8 Å². The number of nitrogens with two attached hydrogens (primary N) is 2. The first kappa shape index (κ1) is 23.9. The van der Waals surface area contributed by atoms with Gasteiger partial charge in [0.1, 0.15) is 12.1 Å². The Labute approximate surface area is 168 Å². The monoisotopic (exact) mass is 408 g/mol. The first-order valence-corrected chi connectivity index (χ1v) is 9.06. The van der Waals surface area contributed by atoms with Gasteiger partial charge in [-0.25, -0.2) is 4.79 Å². The molecule has 1 rings (SSSR count). The van der Waals surface area contributed by atoms with Gasteiger partial charge in [0.25, 0.3) is 0 Å². The van der Waals surface area contributed by atoms with Gasteiger partial charge in [0, 0.05) is 13.0 Å². The zero-order valence-electron chi connectivity index (χ0n) is 15.9. The van der Waals surface area contributed by atoms with Gasteiger partial charge in [-0.1, -0.05) is 30.3 Å². The van der Waals surface area contributed by atoms with Crippen molar-refractivity contribution < 1.29 is 24.6 Å². The van der Waals surface area contributed by atoms with Gasteiger partial charge in [-0.05, 0) is 18.4 Å². The van der Waals surface area contributed by atoms with Crippen molar-refractivity contribution in [2.24, 2.45) is 11.5 Å². The van der Waals surface area contributed by atoms with E-state index in [-0.39, 0.29) is 18.8 Å². The highest BCUT2D eigenvalue weighted by atomic mass is 16.4. The van der Waals surface area contributed by atoms with Crippen LogP contribution in [0.3, 0.4) is 0 Å². The normalized spacial score (nSPS) is 13.6. The minimum atomic E-state index is -1.33. The number of carbonyl (C=O) groups excluding carboxylic acids is 2.